The lowest BCUT2D eigenvalue weighted by Crippen LogP contribution is -2.23. The van der Waals surface area contributed by atoms with E-state index in [9.17, 15) is 4.79 Å². The number of rotatable bonds is 9. The number of allylic oxidation sites excluding steroid dienone is 3. The summed E-state index contributed by atoms with van der Waals surface area (Å²) in [4.78, 5) is 11.2. The summed E-state index contributed by atoms with van der Waals surface area (Å²) in [7, 11) is 1.64. The van der Waals surface area contributed by atoms with Crippen LogP contribution in [-0.2, 0) is 14.3 Å². The third-order valence-corrected chi connectivity index (χ3v) is 1.75. The van der Waals surface area contributed by atoms with Gasteiger partial charge in [0.25, 0.3) is 0 Å². The van der Waals surface area contributed by atoms with Gasteiger partial charge in [-0.05, 0) is 13.3 Å². The first-order valence-electron chi connectivity index (χ1n) is 5.45. The van der Waals surface area contributed by atoms with Crippen molar-refractivity contribution in [3.05, 3.63) is 24.3 Å². The Morgan fingerprint density at radius 3 is 2.75 bits per heavy atom. The van der Waals surface area contributed by atoms with Crippen LogP contribution in [0.3, 0.4) is 0 Å². The van der Waals surface area contributed by atoms with E-state index in [2.05, 4.69) is 5.32 Å². The van der Waals surface area contributed by atoms with Gasteiger partial charge in [-0.25, -0.2) is 0 Å². The van der Waals surface area contributed by atoms with E-state index in [1.54, 1.807) is 13.2 Å². The summed E-state index contributed by atoms with van der Waals surface area (Å²) in [5.41, 5.74) is 0. The van der Waals surface area contributed by atoms with Crippen molar-refractivity contribution in [2.45, 2.75) is 13.3 Å². The maximum absolute atomic E-state index is 11.2. The summed E-state index contributed by atoms with van der Waals surface area (Å²) in [6, 6.07) is 0. The predicted octanol–water partition coefficient (Wildman–Crippen LogP) is 1.29. The second-order valence-corrected chi connectivity index (χ2v) is 3.13. The van der Waals surface area contributed by atoms with E-state index in [1.165, 1.54) is 6.08 Å². The topological polar surface area (TPSA) is 47.6 Å². The number of methoxy groups -OCH3 is 1. The maximum atomic E-state index is 11.2. The Labute approximate surface area is 97.3 Å². The standard InChI is InChI=1S/C12H21NO3/c1-3-4-5-7-12(14)13-8-6-9-16-11-10-15-2/h3-5,7H,6,8-11H2,1-2H3,(H,13,14)/b4-3+,7-5+. The molecule has 1 amide bonds. The van der Waals surface area contributed by atoms with Crippen molar-refractivity contribution in [3.8, 4) is 0 Å². The first-order chi connectivity index (χ1) is 7.81. The molecule has 0 saturated carbocycles. The fourth-order valence-electron chi connectivity index (χ4n) is 0.943. The first kappa shape index (κ1) is 14.9. The predicted molar refractivity (Wildman–Crippen MR) is 64.3 cm³/mol. The highest BCUT2D eigenvalue weighted by molar-refractivity contribution is 5.87. The molecule has 0 aliphatic carbocycles. The quantitative estimate of drug-likeness (QED) is 0.367. The molecule has 0 fully saturated rings. The zero-order valence-corrected chi connectivity index (χ0v) is 10.1. The smallest absolute Gasteiger partial charge is 0.243 e. The van der Waals surface area contributed by atoms with Gasteiger partial charge in [-0.15, -0.1) is 0 Å². The van der Waals surface area contributed by atoms with Crippen LogP contribution < -0.4 is 5.32 Å². The fraction of sp³-hybridized carbons (Fsp3) is 0.583. The molecule has 92 valence electrons. The Morgan fingerprint density at radius 2 is 2.06 bits per heavy atom. The molecule has 0 heterocycles. The lowest BCUT2D eigenvalue weighted by molar-refractivity contribution is -0.116. The zero-order valence-electron chi connectivity index (χ0n) is 10.1. The number of carbonyl (C=O) groups excluding carboxylic acids is 1. The average Bonchev–Trinajstić information content (AvgIpc) is 2.28. The highest BCUT2D eigenvalue weighted by atomic mass is 16.5. The summed E-state index contributed by atoms with van der Waals surface area (Å²) in [6.45, 7) is 4.39. The summed E-state index contributed by atoms with van der Waals surface area (Å²) >= 11 is 0. The Morgan fingerprint density at radius 1 is 1.25 bits per heavy atom. The zero-order chi connectivity index (χ0) is 12.1. The van der Waals surface area contributed by atoms with E-state index >= 15 is 0 Å². The van der Waals surface area contributed by atoms with Crippen molar-refractivity contribution in [3.63, 3.8) is 0 Å². The van der Waals surface area contributed by atoms with Gasteiger partial charge in [0.2, 0.25) is 5.91 Å². The Bertz CT molecular complexity index is 224. The number of amides is 1. The van der Waals surface area contributed by atoms with E-state index in [0.717, 1.165) is 6.42 Å². The summed E-state index contributed by atoms with van der Waals surface area (Å²) in [6.07, 6.45) is 7.71. The van der Waals surface area contributed by atoms with Gasteiger partial charge in [0.1, 0.15) is 0 Å². The number of hydrogen-bond acceptors (Lipinski definition) is 3. The molecule has 0 aromatic rings. The highest BCUT2D eigenvalue weighted by Gasteiger charge is 1.93. The Balaban J connectivity index is 3.28. The SMILES string of the molecule is C/C=C/C=C/C(=O)NCCCOCCOC. The molecule has 0 saturated heterocycles. The molecular formula is C12H21NO3. The van der Waals surface area contributed by atoms with Gasteiger partial charge in [0.15, 0.2) is 0 Å². The number of carbonyl (C=O) groups is 1. The highest BCUT2D eigenvalue weighted by Crippen LogP contribution is 1.83. The maximum Gasteiger partial charge on any atom is 0.243 e. The molecule has 4 nitrogen and oxygen atoms in total. The van der Waals surface area contributed by atoms with E-state index in [0.29, 0.717) is 26.4 Å². The molecule has 4 heteroatoms. The second kappa shape index (κ2) is 11.9. The molecule has 0 bridgehead atoms. The average molecular weight is 227 g/mol. The van der Waals surface area contributed by atoms with Crippen molar-refractivity contribution in [2.75, 3.05) is 33.5 Å². The van der Waals surface area contributed by atoms with Crippen molar-refractivity contribution in [1.82, 2.24) is 5.32 Å². The van der Waals surface area contributed by atoms with Crippen LogP contribution in [-0.4, -0.2) is 39.4 Å². The normalized spacial score (nSPS) is 11.4. The first-order valence-corrected chi connectivity index (χ1v) is 5.45. The second-order valence-electron chi connectivity index (χ2n) is 3.13. The largest absolute Gasteiger partial charge is 0.382 e. The molecule has 0 aliphatic heterocycles. The molecule has 0 radical (unpaired) electrons. The van der Waals surface area contributed by atoms with Gasteiger partial charge < -0.3 is 14.8 Å². The minimum atomic E-state index is -0.0741. The van der Waals surface area contributed by atoms with Crippen LogP contribution in [0.4, 0.5) is 0 Å². The molecule has 0 aliphatic rings. The van der Waals surface area contributed by atoms with Crippen LogP contribution in [0.15, 0.2) is 24.3 Å². The van der Waals surface area contributed by atoms with Crippen molar-refractivity contribution >= 4 is 5.91 Å². The van der Waals surface area contributed by atoms with E-state index in [-0.39, 0.29) is 5.91 Å². The van der Waals surface area contributed by atoms with Crippen LogP contribution in [0.1, 0.15) is 13.3 Å². The summed E-state index contributed by atoms with van der Waals surface area (Å²) < 4.78 is 10.1. The van der Waals surface area contributed by atoms with Crippen LogP contribution in [0.25, 0.3) is 0 Å². The van der Waals surface area contributed by atoms with Gasteiger partial charge in [0.05, 0.1) is 13.2 Å². The molecule has 0 unspecified atom stereocenters. The van der Waals surface area contributed by atoms with Crippen molar-refractivity contribution in [2.24, 2.45) is 0 Å². The lowest BCUT2D eigenvalue weighted by Gasteiger charge is -2.03. The van der Waals surface area contributed by atoms with Crippen molar-refractivity contribution in [1.29, 1.82) is 0 Å². The Kier molecular flexibility index (Phi) is 11.1. The van der Waals surface area contributed by atoms with Crippen LogP contribution >= 0.6 is 0 Å². The van der Waals surface area contributed by atoms with Gasteiger partial charge in [-0.1, -0.05) is 18.2 Å². The summed E-state index contributed by atoms with van der Waals surface area (Å²) in [5, 5.41) is 2.76. The van der Waals surface area contributed by atoms with Gasteiger partial charge in [-0.3, -0.25) is 4.79 Å². The Hall–Kier alpha value is -1.13. The van der Waals surface area contributed by atoms with E-state index in [4.69, 9.17) is 9.47 Å². The third kappa shape index (κ3) is 10.9. The number of hydrogen-bond donors (Lipinski definition) is 1. The lowest BCUT2D eigenvalue weighted by atomic mass is 10.4. The summed E-state index contributed by atoms with van der Waals surface area (Å²) in [5.74, 6) is -0.0741. The van der Waals surface area contributed by atoms with E-state index in [1.807, 2.05) is 19.1 Å². The molecule has 1 N–H and O–H groups in total. The van der Waals surface area contributed by atoms with Gasteiger partial charge in [0, 0.05) is 26.3 Å². The van der Waals surface area contributed by atoms with Crippen molar-refractivity contribution < 1.29 is 14.3 Å². The van der Waals surface area contributed by atoms with E-state index < -0.39 is 0 Å². The molecule has 0 spiro atoms. The molecule has 0 aromatic carbocycles. The molecule has 0 aromatic heterocycles. The van der Waals surface area contributed by atoms with Crippen LogP contribution in [0.5, 0.6) is 0 Å². The monoisotopic (exact) mass is 227 g/mol. The molecule has 16 heavy (non-hydrogen) atoms. The third-order valence-electron chi connectivity index (χ3n) is 1.75. The minimum Gasteiger partial charge on any atom is -0.382 e. The van der Waals surface area contributed by atoms with Gasteiger partial charge >= 0.3 is 0 Å². The van der Waals surface area contributed by atoms with Crippen LogP contribution in [0.2, 0.25) is 0 Å². The molecule has 0 atom stereocenters. The number of nitrogens with one attached hydrogen (secondary N) is 1. The fourth-order valence-corrected chi connectivity index (χ4v) is 0.943. The van der Waals surface area contributed by atoms with Gasteiger partial charge in [-0.2, -0.15) is 0 Å². The molecular weight excluding hydrogens is 206 g/mol. The minimum absolute atomic E-state index is 0.0741. The van der Waals surface area contributed by atoms with Crippen LogP contribution in [0, 0.1) is 0 Å². The number of ether oxygens (including phenoxy) is 2. The molecule has 0 rings (SSSR count).